The maximum absolute atomic E-state index is 10.6. The highest BCUT2D eigenvalue weighted by atomic mass is 31.2. The lowest BCUT2D eigenvalue weighted by atomic mass is 10.2. The molecule has 0 spiro atoms. The first-order valence-corrected chi connectivity index (χ1v) is 13.2. The van der Waals surface area contributed by atoms with E-state index in [-0.39, 0.29) is 0 Å². The molecule has 0 N–H and O–H groups in total. The minimum absolute atomic E-state index is 0.616. The van der Waals surface area contributed by atoms with E-state index < -0.39 is 6.89 Å². The van der Waals surface area contributed by atoms with E-state index in [1.165, 1.54) is 0 Å². The normalized spacial score (nSPS) is 14.7. The van der Waals surface area contributed by atoms with Gasteiger partial charge in [-0.3, -0.25) is 0 Å². The Morgan fingerprint density at radius 2 is 1.14 bits per heavy atom. The average molecular weight is 465 g/mol. The summed E-state index contributed by atoms with van der Waals surface area (Å²) in [4.78, 5) is 4.11. The predicted octanol–water partition coefficient (Wildman–Crippen LogP) is 6.77. The van der Waals surface area contributed by atoms with Crippen LogP contribution in [0.5, 0.6) is 0 Å². The van der Waals surface area contributed by atoms with Crippen molar-refractivity contribution in [3.05, 3.63) is 138 Å². The van der Waals surface area contributed by atoms with Gasteiger partial charge in [0.1, 0.15) is 0 Å². The fourth-order valence-corrected chi connectivity index (χ4v) is 8.99. The quantitative estimate of drug-likeness (QED) is 0.214. The molecule has 164 valence electrons. The molecule has 0 fully saturated rings. The molecule has 0 saturated heterocycles. The Balaban J connectivity index is 1.77. The molecular formula is C31H20N3P. The third-order valence-corrected chi connectivity index (χ3v) is 10.6. The Morgan fingerprint density at radius 3 is 1.63 bits per heavy atom. The Labute approximate surface area is 204 Å². The summed E-state index contributed by atoms with van der Waals surface area (Å²) >= 11 is 0. The van der Waals surface area contributed by atoms with Gasteiger partial charge < -0.3 is 4.57 Å². The van der Waals surface area contributed by atoms with E-state index in [0.29, 0.717) is 10.7 Å². The lowest BCUT2D eigenvalue weighted by Crippen LogP contribution is -2.24. The Bertz CT molecular complexity index is 1710. The van der Waals surface area contributed by atoms with Gasteiger partial charge in [-0.05, 0) is 34.9 Å². The molecular weight excluding hydrogens is 445 g/mol. The first-order valence-electron chi connectivity index (χ1n) is 11.4. The molecule has 4 aromatic carbocycles. The molecule has 0 bridgehead atoms. The molecule has 5 aromatic rings. The molecule has 0 saturated carbocycles. The summed E-state index contributed by atoms with van der Waals surface area (Å²) in [5.41, 5.74) is 3.57. The molecule has 1 aliphatic rings. The minimum atomic E-state index is -2.60. The lowest BCUT2D eigenvalue weighted by molar-refractivity contribution is 1.24. The predicted molar refractivity (Wildman–Crippen MR) is 148 cm³/mol. The monoisotopic (exact) mass is 465 g/mol. The van der Waals surface area contributed by atoms with Gasteiger partial charge in [0.2, 0.25) is 0 Å². The second-order valence-corrected chi connectivity index (χ2v) is 11.7. The van der Waals surface area contributed by atoms with Gasteiger partial charge in [-0.1, -0.05) is 97.1 Å². The molecule has 6 rings (SSSR count). The fraction of sp³-hybridized carbons (Fsp3) is 0. The van der Waals surface area contributed by atoms with Crippen LogP contribution in [0.15, 0.2) is 127 Å². The molecule has 35 heavy (non-hydrogen) atoms. The van der Waals surface area contributed by atoms with Gasteiger partial charge in [0.15, 0.2) is 5.42 Å². The lowest BCUT2D eigenvalue weighted by Gasteiger charge is -2.31. The van der Waals surface area contributed by atoms with Crippen LogP contribution in [0.25, 0.3) is 32.3 Å². The maximum Gasteiger partial charge on any atom is 0.197 e. The Kier molecular flexibility index (Phi) is 5.00. The van der Waals surface area contributed by atoms with E-state index in [1.54, 1.807) is 0 Å². The summed E-state index contributed by atoms with van der Waals surface area (Å²) in [7, 11) is 0. The Morgan fingerprint density at radius 1 is 0.657 bits per heavy atom. The standard InChI is InChI=1S/C31H20N3P/c1-33-31-21-23(34-29-18-10-8-16-27(29)28-17-9-11-19-30(28)34)20-26(22-32)35(31,24-12-4-2-5-13-24)25-14-6-3-7-15-25/h2-21H. The molecule has 1 aromatic heterocycles. The van der Waals surface area contributed by atoms with Crippen molar-refractivity contribution in [3.63, 3.8) is 0 Å². The zero-order valence-corrected chi connectivity index (χ0v) is 19.7. The molecule has 4 heteroatoms. The first-order chi connectivity index (χ1) is 17.3. The van der Waals surface area contributed by atoms with E-state index in [1.807, 2.05) is 72.8 Å². The van der Waals surface area contributed by atoms with Gasteiger partial charge in [0, 0.05) is 23.4 Å². The number of hydrogen-bond donors (Lipinski definition) is 0. The third-order valence-electron chi connectivity index (χ3n) is 6.62. The van der Waals surface area contributed by atoms with Gasteiger partial charge in [0.05, 0.1) is 29.0 Å². The van der Waals surface area contributed by atoms with Gasteiger partial charge in [-0.2, -0.15) is 5.26 Å². The molecule has 0 amide bonds. The zero-order valence-electron chi connectivity index (χ0n) is 18.8. The smallest absolute Gasteiger partial charge is 0.197 e. The van der Waals surface area contributed by atoms with Crippen LogP contribution in [0, 0.1) is 17.9 Å². The van der Waals surface area contributed by atoms with Crippen LogP contribution in [0.4, 0.5) is 0 Å². The van der Waals surface area contributed by atoms with Crippen molar-refractivity contribution in [1.29, 1.82) is 5.26 Å². The van der Waals surface area contributed by atoms with Crippen molar-refractivity contribution in [2.24, 2.45) is 0 Å². The second-order valence-electron chi connectivity index (χ2n) is 8.39. The number of allylic oxidation sites excluding steroid dienone is 3. The number of rotatable bonds is 3. The summed E-state index contributed by atoms with van der Waals surface area (Å²) in [6, 6.07) is 39.2. The van der Waals surface area contributed by atoms with E-state index in [4.69, 9.17) is 6.57 Å². The van der Waals surface area contributed by atoms with E-state index >= 15 is 0 Å². The van der Waals surface area contributed by atoms with Crippen LogP contribution in [-0.4, -0.2) is 9.98 Å². The van der Waals surface area contributed by atoms with Gasteiger partial charge in [0.25, 0.3) is 0 Å². The average Bonchev–Trinajstić information content (AvgIpc) is 3.27. The molecule has 1 aliphatic heterocycles. The number of benzene rings is 4. The number of para-hydroxylation sites is 2. The number of nitriles is 1. The molecule has 0 aliphatic carbocycles. The summed E-state index contributed by atoms with van der Waals surface area (Å²) < 4.78 is 2.18. The minimum Gasteiger partial charge on any atom is -0.310 e. The van der Waals surface area contributed by atoms with Crippen LogP contribution < -0.4 is 10.6 Å². The highest BCUT2D eigenvalue weighted by Gasteiger charge is 2.35. The highest BCUT2D eigenvalue weighted by Crippen LogP contribution is 2.57. The summed E-state index contributed by atoms with van der Waals surface area (Å²) in [6.45, 7) is 5.68. The number of hydrogen-bond acceptors (Lipinski definition) is 1. The summed E-state index contributed by atoms with van der Waals surface area (Å²) in [5.74, 6) is 0. The third kappa shape index (κ3) is 3.04. The zero-order chi connectivity index (χ0) is 23.8. The van der Waals surface area contributed by atoms with Gasteiger partial charge in [-0.15, -0.1) is 0 Å². The molecule has 0 atom stereocenters. The van der Waals surface area contributed by atoms with Crippen molar-refractivity contribution < 1.29 is 0 Å². The summed E-state index contributed by atoms with van der Waals surface area (Å²) in [5, 5.41) is 15.5. The highest BCUT2D eigenvalue weighted by molar-refractivity contribution is 7.93. The topological polar surface area (TPSA) is 33.1 Å². The van der Waals surface area contributed by atoms with Crippen molar-refractivity contribution in [3.8, 4) is 6.07 Å². The first kappa shape index (κ1) is 21.0. The van der Waals surface area contributed by atoms with Crippen molar-refractivity contribution in [1.82, 2.24) is 4.57 Å². The maximum atomic E-state index is 10.6. The second kappa shape index (κ2) is 8.34. The summed E-state index contributed by atoms with van der Waals surface area (Å²) in [6.07, 6.45) is 4.00. The van der Waals surface area contributed by atoms with Crippen LogP contribution in [-0.2, 0) is 0 Å². The van der Waals surface area contributed by atoms with Gasteiger partial charge in [-0.25, -0.2) is 4.85 Å². The van der Waals surface area contributed by atoms with Crippen molar-refractivity contribution >= 4 is 50.4 Å². The number of nitrogens with zero attached hydrogens (tertiary/aromatic N) is 3. The van der Waals surface area contributed by atoms with E-state index in [2.05, 4.69) is 64.0 Å². The number of fused-ring (bicyclic) bond motifs is 3. The van der Waals surface area contributed by atoms with Crippen LogP contribution in [0.2, 0.25) is 0 Å². The molecule has 0 radical (unpaired) electrons. The van der Waals surface area contributed by atoms with E-state index in [9.17, 15) is 5.26 Å². The van der Waals surface area contributed by atoms with Crippen LogP contribution in [0.3, 0.4) is 0 Å². The van der Waals surface area contributed by atoms with Crippen molar-refractivity contribution in [2.75, 3.05) is 0 Å². The van der Waals surface area contributed by atoms with Gasteiger partial charge >= 0.3 is 0 Å². The largest absolute Gasteiger partial charge is 0.310 e. The molecule has 2 heterocycles. The van der Waals surface area contributed by atoms with Crippen LogP contribution in [0.1, 0.15) is 0 Å². The van der Waals surface area contributed by atoms with Crippen LogP contribution >= 0.6 is 6.89 Å². The fourth-order valence-electron chi connectivity index (χ4n) is 5.17. The molecule has 0 unspecified atom stereocenters. The number of aromatic nitrogens is 1. The molecule has 3 nitrogen and oxygen atoms in total. The van der Waals surface area contributed by atoms with Crippen molar-refractivity contribution in [2.45, 2.75) is 0 Å². The van der Waals surface area contributed by atoms with E-state index in [0.717, 1.165) is 38.1 Å². The SMILES string of the molecule is [C-]#[N+]C1=P(c2ccccc2)(c2ccccc2)C(C#N)=CC(n2c3ccccc3c3ccccc32)=C1. The Hall–Kier alpha value is -4.56.